The molecule has 10 aromatic carbocycles. The molecule has 1 heteroatoms. The fourth-order valence-electron chi connectivity index (χ4n) is 9.77. The summed E-state index contributed by atoms with van der Waals surface area (Å²) in [6.45, 7) is 4.70. The Kier molecular flexibility index (Phi) is 9.24. The molecule has 1 aliphatic rings. The maximum Gasteiger partial charge on any atom is 0.0540 e. The lowest BCUT2D eigenvalue weighted by molar-refractivity contribution is 0.660. The van der Waals surface area contributed by atoms with Crippen molar-refractivity contribution in [1.29, 1.82) is 0 Å². The molecule has 0 atom stereocenters. The normalized spacial score (nSPS) is 12.5. The first-order chi connectivity index (χ1) is 30.5. The number of hydrogen-bond acceptors (Lipinski definition) is 1. The van der Waals surface area contributed by atoms with E-state index in [4.69, 9.17) is 0 Å². The fourth-order valence-corrected chi connectivity index (χ4v) is 9.77. The Labute approximate surface area is 364 Å². The van der Waals surface area contributed by atoms with Gasteiger partial charge in [0, 0.05) is 22.4 Å². The summed E-state index contributed by atoms with van der Waals surface area (Å²) in [6, 6.07) is 86.5. The minimum atomic E-state index is -0.0541. The molecular weight excluding hydrogens is 747 g/mol. The smallest absolute Gasteiger partial charge is 0.0540 e. The van der Waals surface area contributed by atoms with E-state index in [-0.39, 0.29) is 5.41 Å². The SMILES string of the molecule is CC1(C)c2ccccc2-c2c(-c3ccc(N(c4cccc(-c5ccc(-c6cccc7ccccc67)cc5)c4)c4ccccc4-c4cccc(-c5ccccc5)c4)cc3)cccc21. The van der Waals surface area contributed by atoms with Gasteiger partial charge in [-0.3, -0.25) is 0 Å². The third-order valence-corrected chi connectivity index (χ3v) is 12.9. The molecule has 1 nitrogen and oxygen atoms in total. The molecule has 0 N–H and O–H groups in total. The molecule has 294 valence electrons. The van der Waals surface area contributed by atoms with Crippen molar-refractivity contribution < 1.29 is 0 Å². The number of rotatable bonds is 8. The molecule has 0 unspecified atom stereocenters. The summed E-state index contributed by atoms with van der Waals surface area (Å²) in [6.07, 6.45) is 0. The first-order valence-electron chi connectivity index (χ1n) is 21.6. The molecule has 1 aliphatic carbocycles. The van der Waals surface area contributed by atoms with Crippen molar-refractivity contribution in [3.63, 3.8) is 0 Å². The zero-order chi connectivity index (χ0) is 41.6. The van der Waals surface area contributed by atoms with E-state index in [1.54, 1.807) is 0 Å². The van der Waals surface area contributed by atoms with Crippen molar-refractivity contribution in [3.05, 3.63) is 248 Å². The molecule has 10 aromatic rings. The summed E-state index contributed by atoms with van der Waals surface area (Å²) in [4.78, 5) is 2.43. The number of fused-ring (bicyclic) bond motifs is 4. The summed E-state index contributed by atoms with van der Waals surface area (Å²) in [5.74, 6) is 0. The van der Waals surface area contributed by atoms with Crippen LogP contribution < -0.4 is 4.90 Å². The summed E-state index contributed by atoms with van der Waals surface area (Å²) in [5, 5.41) is 2.52. The maximum absolute atomic E-state index is 2.43. The van der Waals surface area contributed by atoms with Crippen LogP contribution in [0.15, 0.2) is 237 Å². The monoisotopic (exact) mass is 791 g/mol. The zero-order valence-electron chi connectivity index (χ0n) is 35.0. The van der Waals surface area contributed by atoms with Gasteiger partial charge in [0.2, 0.25) is 0 Å². The number of hydrogen-bond donors (Lipinski definition) is 0. The molecule has 0 saturated carbocycles. The number of para-hydroxylation sites is 1. The lowest BCUT2D eigenvalue weighted by Crippen LogP contribution is -2.14. The average Bonchev–Trinajstić information content (AvgIpc) is 3.58. The van der Waals surface area contributed by atoms with Crippen LogP contribution in [0.4, 0.5) is 17.1 Å². The molecular formula is C61H45N. The molecule has 0 aliphatic heterocycles. The first kappa shape index (κ1) is 37.3. The molecule has 0 saturated heterocycles. The molecule has 0 bridgehead atoms. The predicted octanol–water partition coefficient (Wildman–Crippen LogP) is 17.0. The van der Waals surface area contributed by atoms with E-state index in [9.17, 15) is 0 Å². The van der Waals surface area contributed by atoms with Crippen molar-refractivity contribution in [3.8, 4) is 66.8 Å². The Balaban J connectivity index is 1.03. The lowest BCUT2D eigenvalue weighted by Gasteiger charge is -2.28. The summed E-state index contributed by atoms with van der Waals surface area (Å²) >= 11 is 0. The van der Waals surface area contributed by atoms with Gasteiger partial charge in [-0.2, -0.15) is 0 Å². The topological polar surface area (TPSA) is 3.24 Å². The largest absolute Gasteiger partial charge is 0.310 e. The molecule has 11 rings (SSSR count). The third kappa shape index (κ3) is 6.51. The Bertz CT molecular complexity index is 3240. The van der Waals surface area contributed by atoms with E-state index >= 15 is 0 Å². The third-order valence-electron chi connectivity index (χ3n) is 12.9. The van der Waals surface area contributed by atoms with Crippen molar-refractivity contribution in [2.45, 2.75) is 19.3 Å². The van der Waals surface area contributed by atoms with E-state index in [2.05, 4.69) is 255 Å². The number of anilines is 3. The van der Waals surface area contributed by atoms with Crippen LogP contribution in [0.5, 0.6) is 0 Å². The second-order valence-corrected chi connectivity index (χ2v) is 16.9. The highest BCUT2D eigenvalue weighted by Gasteiger charge is 2.36. The van der Waals surface area contributed by atoms with Crippen LogP contribution in [0.2, 0.25) is 0 Å². The second-order valence-electron chi connectivity index (χ2n) is 16.9. The van der Waals surface area contributed by atoms with Gasteiger partial charge in [0.05, 0.1) is 5.69 Å². The second kappa shape index (κ2) is 15.4. The highest BCUT2D eigenvalue weighted by Crippen LogP contribution is 2.52. The lowest BCUT2D eigenvalue weighted by atomic mass is 9.82. The minimum absolute atomic E-state index is 0.0541. The predicted molar refractivity (Wildman–Crippen MR) is 263 cm³/mol. The van der Waals surface area contributed by atoms with Gasteiger partial charge in [-0.1, -0.05) is 214 Å². The molecule has 0 heterocycles. The number of benzene rings is 10. The van der Waals surface area contributed by atoms with Crippen LogP contribution in [0.25, 0.3) is 77.5 Å². The highest BCUT2D eigenvalue weighted by molar-refractivity contribution is 5.97. The molecule has 0 spiro atoms. The maximum atomic E-state index is 2.43. The molecule has 0 amide bonds. The number of nitrogens with zero attached hydrogens (tertiary/aromatic N) is 1. The van der Waals surface area contributed by atoms with E-state index in [1.807, 2.05) is 0 Å². The zero-order valence-corrected chi connectivity index (χ0v) is 35.0. The van der Waals surface area contributed by atoms with Gasteiger partial charge in [-0.05, 0) is 119 Å². The van der Waals surface area contributed by atoms with E-state index < -0.39 is 0 Å². The fraction of sp³-hybridized carbons (Fsp3) is 0.0492. The van der Waals surface area contributed by atoms with Crippen LogP contribution in [0.1, 0.15) is 25.0 Å². The Morgan fingerprint density at radius 1 is 0.306 bits per heavy atom. The van der Waals surface area contributed by atoms with Gasteiger partial charge in [0.1, 0.15) is 0 Å². The van der Waals surface area contributed by atoms with Crippen LogP contribution >= 0.6 is 0 Å². The van der Waals surface area contributed by atoms with Crippen molar-refractivity contribution in [1.82, 2.24) is 0 Å². The standard InChI is InChI=1S/C61H45N/c1-61(2)57-29-10-8-26-56(57)60-55(28-15-30-58(60)61)46-36-38-50(39-37-46)62(59-31-11-9-25-54(59)49-22-12-20-47(40-49)42-16-4-3-5-17-42)51-23-13-21-48(41-51)43-32-34-45(35-33-43)53-27-14-19-44-18-6-7-24-52(44)53/h3-41H,1-2H3. The van der Waals surface area contributed by atoms with Crippen molar-refractivity contribution in [2.24, 2.45) is 0 Å². The quantitative estimate of drug-likeness (QED) is 0.148. The van der Waals surface area contributed by atoms with Crippen molar-refractivity contribution >= 4 is 27.8 Å². The summed E-state index contributed by atoms with van der Waals surface area (Å²) < 4.78 is 0. The highest BCUT2D eigenvalue weighted by atomic mass is 15.1. The van der Waals surface area contributed by atoms with Crippen LogP contribution in [0.3, 0.4) is 0 Å². The summed E-state index contributed by atoms with van der Waals surface area (Å²) in [5.41, 5.74) is 20.7. The van der Waals surface area contributed by atoms with Crippen LogP contribution in [-0.4, -0.2) is 0 Å². The van der Waals surface area contributed by atoms with Gasteiger partial charge in [0.15, 0.2) is 0 Å². The Morgan fingerprint density at radius 3 is 1.66 bits per heavy atom. The molecule has 0 radical (unpaired) electrons. The van der Waals surface area contributed by atoms with E-state index in [0.29, 0.717) is 0 Å². The summed E-state index contributed by atoms with van der Waals surface area (Å²) in [7, 11) is 0. The average molecular weight is 792 g/mol. The van der Waals surface area contributed by atoms with Gasteiger partial charge in [-0.15, -0.1) is 0 Å². The van der Waals surface area contributed by atoms with Gasteiger partial charge in [-0.25, -0.2) is 0 Å². The first-order valence-corrected chi connectivity index (χ1v) is 21.6. The molecule has 62 heavy (non-hydrogen) atoms. The van der Waals surface area contributed by atoms with E-state index in [1.165, 1.54) is 88.7 Å². The van der Waals surface area contributed by atoms with Crippen LogP contribution in [0, 0.1) is 0 Å². The Hall–Kier alpha value is -7.74. The van der Waals surface area contributed by atoms with E-state index in [0.717, 1.165) is 17.1 Å². The van der Waals surface area contributed by atoms with Crippen molar-refractivity contribution in [2.75, 3.05) is 4.90 Å². The van der Waals surface area contributed by atoms with Gasteiger partial charge in [0.25, 0.3) is 0 Å². The van der Waals surface area contributed by atoms with Gasteiger partial charge < -0.3 is 4.90 Å². The minimum Gasteiger partial charge on any atom is -0.310 e. The molecule has 0 fully saturated rings. The van der Waals surface area contributed by atoms with Crippen LogP contribution in [-0.2, 0) is 5.41 Å². The van der Waals surface area contributed by atoms with Gasteiger partial charge >= 0.3 is 0 Å². The Morgan fingerprint density at radius 2 is 0.823 bits per heavy atom. The molecule has 0 aromatic heterocycles.